The third-order valence-corrected chi connectivity index (χ3v) is 5.82. The maximum Gasteiger partial charge on any atom is 0.185 e. The lowest BCUT2D eigenvalue weighted by Crippen LogP contribution is -2.12. The topological polar surface area (TPSA) is 103 Å². The van der Waals surface area contributed by atoms with Crippen LogP contribution >= 0.6 is 11.5 Å². The minimum Gasteiger partial charge on any atom is -0.382 e. The molecule has 0 radical (unpaired) electrons. The first-order valence-electron chi connectivity index (χ1n) is 6.64. The molecule has 7 nitrogen and oxygen atoms in total. The van der Waals surface area contributed by atoms with E-state index in [0.717, 1.165) is 17.2 Å². The Morgan fingerprint density at radius 2 is 2.24 bits per heavy atom. The Balaban J connectivity index is 2.07. The van der Waals surface area contributed by atoms with Crippen LogP contribution in [0.25, 0.3) is 0 Å². The maximum absolute atomic E-state index is 12.2. The quantitative estimate of drug-likeness (QED) is 0.793. The molecule has 3 N–H and O–H groups in total. The number of anilines is 2. The van der Waals surface area contributed by atoms with Gasteiger partial charge in [-0.1, -0.05) is 6.92 Å². The summed E-state index contributed by atoms with van der Waals surface area (Å²) < 4.78 is 30.1. The van der Waals surface area contributed by atoms with Crippen molar-refractivity contribution in [3.63, 3.8) is 0 Å². The molecule has 0 unspecified atom stereocenters. The standard InChI is InChI=1S/C12H19N5O2S2/c1-3-8-21(18,19)10-11(13)16-20-12(10)14-6-4-9-5-7-17(2)15-9/h5,7,14H,3-4,6,8H2,1-2H3,(H2,13,16). The van der Waals surface area contributed by atoms with Crippen molar-refractivity contribution >= 4 is 32.2 Å². The van der Waals surface area contributed by atoms with Gasteiger partial charge < -0.3 is 11.1 Å². The van der Waals surface area contributed by atoms with Crippen LogP contribution in [-0.2, 0) is 23.3 Å². The number of hydrogen-bond donors (Lipinski definition) is 2. The Bertz CT molecular complexity index is 705. The van der Waals surface area contributed by atoms with E-state index in [2.05, 4.69) is 14.8 Å². The molecule has 116 valence electrons. The van der Waals surface area contributed by atoms with Crippen LogP contribution in [0.2, 0.25) is 0 Å². The average Bonchev–Trinajstić information content (AvgIpc) is 2.96. The molecule has 0 aliphatic rings. The lowest BCUT2D eigenvalue weighted by molar-refractivity contribution is 0.595. The van der Waals surface area contributed by atoms with Gasteiger partial charge in [-0.25, -0.2) is 8.42 Å². The molecule has 21 heavy (non-hydrogen) atoms. The number of nitrogens with zero attached hydrogens (tertiary/aromatic N) is 3. The Morgan fingerprint density at radius 1 is 1.48 bits per heavy atom. The van der Waals surface area contributed by atoms with Crippen LogP contribution in [0.3, 0.4) is 0 Å². The second-order valence-electron chi connectivity index (χ2n) is 4.70. The Hall–Kier alpha value is -1.61. The molecule has 0 spiro atoms. The van der Waals surface area contributed by atoms with E-state index in [1.165, 1.54) is 0 Å². The van der Waals surface area contributed by atoms with Crippen molar-refractivity contribution in [2.45, 2.75) is 24.7 Å². The number of nitrogen functional groups attached to an aromatic ring is 1. The molecular weight excluding hydrogens is 310 g/mol. The Labute approximate surface area is 128 Å². The molecule has 2 heterocycles. The normalized spacial score (nSPS) is 11.7. The molecule has 0 aliphatic carbocycles. The van der Waals surface area contributed by atoms with E-state index < -0.39 is 9.84 Å². The maximum atomic E-state index is 12.2. The fraction of sp³-hybridized carbons (Fsp3) is 0.500. The number of nitrogens with two attached hydrogens (primary N) is 1. The highest BCUT2D eigenvalue weighted by Crippen LogP contribution is 2.32. The third-order valence-electron chi connectivity index (χ3n) is 2.89. The second-order valence-corrected chi connectivity index (χ2v) is 7.52. The van der Waals surface area contributed by atoms with Crippen molar-refractivity contribution in [2.75, 3.05) is 23.3 Å². The van der Waals surface area contributed by atoms with Gasteiger partial charge in [0.25, 0.3) is 0 Å². The summed E-state index contributed by atoms with van der Waals surface area (Å²) in [5, 5.41) is 7.88. The molecule has 0 amide bonds. The van der Waals surface area contributed by atoms with Crippen LogP contribution in [0.15, 0.2) is 17.2 Å². The second kappa shape index (κ2) is 6.44. The van der Waals surface area contributed by atoms with Gasteiger partial charge in [-0.15, -0.1) is 0 Å². The zero-order valence-corrected chi connectivity index (χ0v) is 13.7. The first-order chi connectivity index (χ1) is 9.94. The molecule has 9 heteroatoms. The van der Waals surface area contributed by atoms with E-state index in [4.69, 9.17) is 5.73 Å². The number of hydrogen-bond acceptors (Lipinski definition) is 7. The van der Waals surface area contributed by atoms with Gasteiger partial charge in [-0.2, -0.15) is 9.47 Å². The van der Waals surface area contributed by atoms with Gasteiger partial charge in [0.05, 0.1) is 11.4 Å². The lowest BCUT2D eigenvalue weighted by Gasteiger charge is -2.07. The van der Waals surface area contributed by atoms with Crippen LogP contribution < -0.4 is 11.1 Å². The minimum absolute atomic E-state index is 0.0739. The molecule has 0 saturated heterocycles. The van der Waals surface area contributed by atoms with E-state index in [1.807, 2.05) is 26.2 Å². The number of aromatic nitrogens is 3. The van der Waals surface area contributed by atoms with Crippen molar-refractivity contribution in [3.8, 4) is 0 Å². The highest BCUT2D eigenvalue weighted by molar-refractivity contribution is 7.91. The zero-order valence-electron chi connectivity index (χ0n) is 12.0. The molecular formula is C12H19N5O2S2. The molecule has 0 aliphatic heterocycles. The first-order valence-corrected chi connectivity index (χ1v) is 9.07. The monoisotopic (exact) mass is 329 g/mol. The summed E-state index contributed by atoms with van der Waals surface area (Å²) in [6.07, 6.45) is 3.12. The largest absolute Gasteiger partial charge is 0.382 e. The van der Waals surface area contributed by atoms with Gasteiger partial charge in [0, 0.05) is 26.2 Å². The number of aryl methyl sites for hydroxylation is 1. The number of sulfone groups is 1. The van der Waals surface area contributed by atoms with Crippen molar-refractivity contribution in [1.82, 2.24) is 14.2 Å². The molecule has 0 saturated carbocycles. The van der Waals surface area contributed by atoms with Gasteiger partial charge in [-0.05, 0) is 24.0 Å². The summed E-state index contributed by atoms with van der Waals surface area (Å²) in [7, 11) is -1.52. The van der Waals surface area contributed by atoms with E-state index in [1.54, 1.807) is 4.68 Å². The summed E-state index contributed by atoms with van der Waals surface area (Å²) in [6.45, 7) is 2.40. The summed E-state index contributed by atoms with van der Waals surface area (Å²) in [4.78, 5) is 0.135. The van der Waals surface area contributed by atoms with Crippen LogP contribution in [-0.4, -0.2) is 34.9 Å². The molecule has 0 aromatic carbocycles. The summed E-state index contributed by atoms with van der Waals surface area (Å²) in [5.41, 5.74) is 6.65. The van der Waals surface area contributed by atoms with Crippen LogP contribution in [0, 0.1) is 0 Å². The molecule has 2 rings (SSSR count). The summed E-state index contributed by atoms with van der Waals surface area (Å²) in [5.74, 6) is 0.152. The van der Waals surface area contributed by atoms with E-state index in [0.29, 0.717) is 24.4 Å². The van der Waals surface area contributed by atoms with Crippen molar-refractivity contribution in [2.24, 2.45) is 7.05 Å². The molecule has 0 atom stereocenters. The lowest BCUT2D eigenvalue weighted by atomic mass is 10.3. The van der Waals surface area contributed by atoms with Crippen LogP contribution in [0.4, 0.5) is 10.8 Å². The van der Waals surface area contributed by atoms with Gasteiger partial charge in [0.1, 0.15) is 9.90 Å². The molecule has 2 aromatic rings. The SMILES string of the molecule is CCCS(=O)(=O)c1c(N)nsc1NCCc1ccn(C)n1. The fourth-order valence-electron chi connectivity index (χ4n) is 1.98. The van der Waals surface area contributed by atoms with E-state index >= 15 is 0 Å². The van der Waals surface area contributed by atoms with Crippen molar-refractivity contribution in [1.29, 1.82) is 0 Å². The zero-order chi connectivity index (χ0) is 15.5. The fourth-order valence-corrected chi connectivity index (χ4v) is 4.62. The summed E-state index contributed by atoms with van der Waals surface area (Å²) >= 11 is 1.08. The van der Waals surface area contributed by atoms with Gasteiger partial charge >= 0.3 is 0 Å². The highest BCUT2D eigenvalue weighted by atomic mass is 32.2. The first kappa shape index (κ1) is 15.8. The Kier molecular flexibility index (Phi) is 4.84. The molecule has 2 aromatic heterocycles. The third kappa shape index (κ3) is 3.73. The molecule has 0 fully saturated rings. The van der Waals surface area contributed by atoms with Gasteiger partial charge in [0.2, 0.25) is 0 Å². The smallest absolute Gasteiger partial charge is 0.185 e. The predicted octanol–water partition coefficient (Wildman–Crippen LogP) is 1.30. The van der Waals surface area contributed by atoms with Crippen molar-refractivity contribution < 1.29 is 8.42 Å². The van der Waals surface area contributed by atoms with Crippen molar-refractivity contribution in [3.05, 3.63) is 18.0 Å². The average molecular weight is 329 g/mol. The number of nitrogens with one attached hydrogen (secondary N) is 1. The van der Waals surface area contributed by atoms with E-state index in [9.17, 15) is 8.42 Å². The summed E-state index contributed by atoms with van der Waals surface area (Å²) in [6, 6.07) is 1.93. The number of rotatable bonds is 7. The minimum atomic E-state index is -3.38. The Morgan fingerprint density at radius 3 is 2.86 bits per heavy atom. The highest BCUT2D eigenvalue weighted by Gasteiger charge is 2.24. The van der Waals surface area contributed by atoms with Crippen LogP contribution in [0.5, 0.6) is 0 Å². The van der Waals surface area contributed by atoms with E-state index in [-0.39, 0.29) is 16.5 Å². The predicted molar refractivity (Wildman–Crippen MR) is 84.3 cm³/mol. The van der Waals surface area contributed by atoms with Gasteiger partial charge in [0.15, 0.2) is 15.7 Å². The van der Waals surface area contributed by atoms with Crippen LogP contribution in [0.1, 0.15) is 19.0 Å². The van der Waals surface area contributed by atoms with Gasteiger partial charge in [-0.3, -0.25) is 4.68 Å². The molecule has 0 bridgehead atoms.